The Morgan fingerprint density at radius 1 is 0.950 bits per heavy atom. The minimum absolute atomic E-state index is 1.12. The lowest BCUT2D eigenvalue weighted by Crippen LogP contribution is -2.09. The second-order valence-corrected chi connectivity index (χ2v) is 5.60. The standard InChI is InChI=1S/C19H13N/c1-2-6-14-12(5-1)9-13-10-17-15-7-3-4-8-18(15)20-19(17)11-16(13)14/h1-2,4-6,8-11H,3,7H2. The van der Waals surface area contributed by atoms with Crippen LogP contribution in [0, 0.1) is 10.4 Å². The van der Waals surface area contributed by atoms with Gasteiger partial charge in [0.15, 0.2) is 0 Å². The fourth-order valence-electron chi connectivity index (χ4n) is 3.49. The molecule has 0 atom stereocenters. The number of fused-ring (bicyclic) bond motifs is 4. The van der Waals surface area contributed by atoms with E-state index in [2.05, 4.69) is 54.6 Å². The van der Waals surface area contributed by atoms with E-state index in [4.69, 9.17) is 4.99 Å². The maximum Gasteiger partial charge on any atom is 0.0719 e. The van der Waals surface area contributed by atoms with Gasteiger partial charge >= 0.3 is 0 Å². The molecule has 20 heavy (non-hydrogen) atoms. The highest BCUT2D eigenvalue weighted by molar-refractivity contribution is 6.28. The molecule has 1 heterocycles. The molecule has 0 fully saturated rings. The zero-order chi connectivity index (χ0) is 13.1. The van der Waals surface area contributed by atoms with Crippen LogP contribution in [0.5, 0.6) is 0 Å². The first-order chi connectivity index (χ1) is 9.90. The average Bonchev–Trinajstić information content (AvgIpc) is 3.02. The first-order valence-electron chi connectivity index (χ1n) is 7.14. The van der Waals surface area contributed by atoms with Gasteiger partial charge in [-0.15, -0.1) is 0 Å². The normalized spacial score (nSPS) is 17.0. The quantitative estimate of drug-likeness (QED) is 0.585. The van der Waals surface area contributed by atoms with Crippen LogP contribution in [0.2, 0.25) is 0 Å². The molecule has 0 N–H and O–H groups in total. The molecule has 0 amide bonds. The third-order valence-electron chi connectivity index (χ3n) is 4.44. The minimum atomic E-state index is 1.12. The van der Waals surface area contributed by atoms with Crippen LogP contribution in [-0.4, -0.2) is 5.71 Å². The van der Waals surface area contributed by atoms with Crippen molar-refractivity contribution in [1.82, 2.24) is 0 Å². The van der Waals surface area contributed by atoms with E-state index in [1.54, 1.807) is 0 Å². The van der Waals surface area contributed by atoms with Crippen LogP contribution in [0.15, 0.2) is 53.5 Å². The van der Waals surface area contributed by atoms with Crippen molar-refractivity contribution in [1.29, 1.82) is 0 Å². The SMILES string of the molecule is C1=CC2=Nc3cc4c(cc3=C2CC1)C=c1ccccc1=4. The summed E-state index contributed by atoms with van der Waals surface area (Å²) < 4.78 is 0. The molecule has 1 heteroatoms. The van der Waals surface area contributed by atoms with Crippen molar-refractivity contribution in [2.24, 2.45) is 4.99 Å². The first kappa shape index (κ1) is 10.4. The summed E-state index contributed by atoms with van der Waals surface area (Å²) in [7, 11) is 0. The van der Waals surface area contributed by atoms with Crippen molar-refractivity contribution in [2.75, 3.05) is 0 Å². The van der Waals surface area contributed by atoms with E-state index in [-0.39, 0.29) is 0 Å². The highest BCUT2D eigenvalue weighted by Gasteiger charge is 2.18. The molecular formula is C19H13N. The van der Waals surface area contributed by atoms with Crippen molar-refractivity contribution < 1.29 is 0 Å². The van der Waals surface area contributed by atoms with E-state index in [1.807, 2.05) is 0 Å². The lowest BCUT2D eigenvalue weighted by Gasteiger charge is -2.06. The molecule has 0 saturated heterocycles. The summed E-state index contributed by atoms with van der Waals surface area (Å²) in [6, 6.07) is 13.2. The Morgan fingerprint density at radius 3 is 2.90 bits per heavy atom. The summed E-state index contributed by atoms with van der Waals surface area (Å²) >= 11 is 0. The summed E-state index contributed by atoms with van der Waals surface area (Å²) in [6.07, 6.45) is 8.94. The van der Waals surface area contributed by atoms with E-state index < -0.39 is 0 Å². The van der Waals surface area contributed by atoms with Gasteiger partial charge in [-0.05, 0) is 63.9 Å². The van der Waals surface area contributed by atoms with Gasteiger partial charge in [0.1, 0.15) is 0 Å². The Kier molecular flexibility index (Phi) is 1.86. The molecular weight excluding hydrogens is 242 g/mol. The average molecular weight is 255 g/mol. The van der Waals surface area contributed by atoms with Crippen LogP contribution >= 0.6 is 0 Å². The van der Waals surface area contributed by atoms with Crippen LogP contribution in [0.1, 0.15) is 18.4 Å². The molecule has 0 aromatic heterocycles. The summed E-state index contributed by atoms with van der Waals surface area (Å²) in [6.45, 7) is 0. The van der Waals surface area contributed by atoms with Gasteiger partial charge in [0, 0.05) is 5.22 Å². The summed E-state index contributed by atoms with van der Waals surface area (Å²) in [5.74, 6) is 0. The number of allylic oxidation sites excluding steroid dienone is 2. The number of hydrogen-bond acceptors (Lipinski definition) is 1. The molecule has 2 aromatic carbocycles. The van der Waals surface area contributed by atoms with Gasteiger partial charge in [-0.3, -0.25) is 0 Å². The molecule has 0 bridgehead atoms. The van der Waals surface area contributed by atoms with Crippen molar-refractivity contribution in [3.8, 4) is 0 Å². The first-order valence-corrected chi connectivity index (χ1v) is 7.14. The number of aliphatic imine (C=N–C) groups is 1. The molecule has 3 aliphatic rings. The smallest absolute Gasteiger partial charge is 0.0719 e. The largest absolute Gasteiger partial charge is 0.248 e. The van der Waals surface area contributed by atoms with Crippen LogP contribution in [-0.2, 0) is 0 Å². The number of benzene rings is 2. The van der Waals surface area contributed by atoms with Gasteiger partial charge < -0.3 is 0 Å². The van der Waals surface area contributed by atoms with Crippen LogP contribution in [0.25, 0.3) is 11.6 Å². The molecule has 1 aliphatic heterocycles. The molecule has 2 aliphatic carbocycles. The van der Waals surface area contributed by atoms with Gasteiger partial charge in [-0.25, -0.2) is 4.99 Å². The van der Waals surface area contributed by atoms with E-state index in [0.717, 1.165) is 18.5 Å². The Labute approximate surface area is 116 Å². The number of hydrogen-bond donors (Lipinski definition) is 0. The molecule has 0 spiro atoms. The summed E-state index contributed by atoms with van der Waals surface area (Å²) in [5, 5.41) is 5.32. The Bertz CT molecular complexity index is 1040. The molecule has 1 nitrogen and oxygen atoms in total. The molecule has 0 saturated carbocycles. The number of nitrogens with zero attached hydrogens (tertiary/aromatic N) is 1. The highest BCUT2D eigenvalue weighted by atomic mass is 14.8. The topological polar surface area (TPSA) is 12.4 Å². The second-order valence-electron chi connectivity index (χ2n) is 5.60. The van der Waals surface area contributed by atoms with Gasteiger partial charge in [-0.1, -0.05) is 30.3 Å². The summed E-state index contributed by atoms with van der Waals surface area (Å²) in [5.41, 5.74) is 5.08. The molecule has 0 radical (unpaired) electrons. The molecule has 0 unspecified atom stereocenters. The predicted molar refractivity (Wildman–Crippen MR) is 82.3 cm³/mol. The van der Waals surface area contributed by atoms with E-state index in [0.29, 0.717) is 0 Å². The van der Waals surface area contributed by atoms with Crippen molar-refractivity contribution in [3.05, 3.63) is 75.0 Å². The lowest BCUT2D eigenvalue weighted by molar-refractivity contribution is 1.07. The van der Waals surface area contributed by atoms with E-state index >= 15 is 0 Å². The van der Waals surface area contributed by atoms with Gasteiger partial charge in [0.2, 0.25) is 0 Å². The van der Waals surface area contributed by atoms with Gasteiger partial charge in [-0.2, -0.15) is 0 Å². The summed E-state index contributed by atoms with van der Waals surface area (Å²) in [4.78, 5) is 4.80. The molecule has 2 aromatic rings. The predicted octanol–water partition coefficient (Wildman–Crippen LogP) is 2.70. The minimum Gasteiger partial charge on any atom is -0.248 e. The monoisotopic (exact) mass is 255 g/mol. The van der Waals surface area contributed by atoms with Crippen molar-refractivity contribution in [3.63, 3.8) is 0 Å². The van der Waals surface area contributed by atoms with Gasteiger partial charge in [0.05, 0.1) is 11.4 Å². The molecule has 94 valence electrons. The second kappa shape index (κ2) is 3.57. The fraction of sp³-hybridized carbons (Fsp3) is 0.105. The Hall–Kier alpha value is -2.41. The van der Waals surface area contributed by atoms with Crippen LogP contribution in [0.4, 0.5) is 5.69 Å². The highest BCUT2D eigenvalue weighted by Crippen LogP contribution is 2.26. The molecule has 5 rings (SSSR count). The fourth-order valence-corrected chi connectivity index (χ4v) is 3.49. The Morgan fingerprint density at radius 2 is 1.90 bits per heavy atom. The van der Waals surface area contributed by atoms with Crippen molar-refractivity contribution >= 4 is 23.0 Å². The maximum atomic E-state index is 4.80. The van der Waals surface area contributed by atoms with E-state index in [1.165, 1.54) is 37.7 Å². The van der Waals surface area contributed by atoms with Crippen LogP contribution in [0.3, 0.4) is 0 Å². The Balaban J connectivity index is 1.95. The zero-order valence-electron chi connectivity index (χ0n) is 11.1. The lowest BCUT2D eigenvalue weighted by atomic mass is 9.97. The van der Waals surface area contributed by atoms with E-state index in [9.17, 15) is 0 Å². The third-order valence-corrected chi connectivity index (χ3v) is 4.44. The number of rotatable bonds is 0. The van der Waals surface area contributed by atoms with Gasteiger partial charge in [0.25, 0.3) is 0 Å². The third kappa shape index (κ3) is 1.25. The maximum absolute atomic E-state index is 4.80. The van der Waals surface area contributed by atoms with Crippen molar-refractivity contribution in [2.45, 2.75) is 12.8 Å². The van der Waals surface area contributed by atoms with Crippen LogP contribution < -0.4 is 10.4 Å². The zero-order valence-corrected chi connectivity index (χ0v) is 11.1.